The maximum Gasteiger partial charge on any atom is 0.426 e. The second kappa shape index (κ2) is 11.5. The fraction of sp³-hybridized carbons (Fsp3) is 0.867. The van der Waals surface area contributed by atoms with E-state index in [1.54, 1.807) is 13.8 Å². The van der Waals surface area contributed by atoms with Crippen LogP contribution in [0.4, 0.5) is 26.3 Å². The van der Waals surface area contributed by atoms with Gasteiger partial charge in [0.15, 0.2) is 0 Å². The molecule has 0 amide bonds. The monoisotopic (exact) mass is 584 g/mol. The zero-order chi connectivity index (χ0) is 30.4. The standard InChI is InChI=1S/C30H46F6O4/c1-25(2,39)12-6-13-26(3,18-28(40,29(31,32)33)30(34,35)36)24-11-10-23-20(7-5-14-27(23,24)4)9-8-19-15-21(37)17-22(38)16-19/h8-9,21-24,37-40H,5-7,10-18H2,1-4H3/b19-8-,20-9+/t21?,22-,23?,24-,26+,27+/m1/s1. The third-order valence-corrected chi connectivity index (χ3v) is 10.0. The molecular formula is C30H46F6O4. The van der Waals surface area contributed by atoms with Crippen molar-refractivity contribution in [3.63, 3.8) is 0 Å². The van der Waals surface area contributed by atoms with Crippen LogP contribution in [0.3, 0.4) is 0 Å². The van der Waals surface area contributed by atoms with E-state index in [-0.39, 0.29) is 25.2 Å². The van der Waals surface area contributed by atoms with Gasteiger partial charge < -0.3 is 20.4 Å². The highest BCUT2D eigenvalue weighted by atomic mass is 19.4. The molecule has 0 radical (unpaired) electrons. The maximum atomic E-state index is 13.9. The van der Waals surface area contributed by atoms with Gasteiger partial charge in [-0.2, -0.15) is 26.3 Å². The van der Waals surface area contributed by atoms with Crippen LogP contribution in [0.2, 0.25) is 0 Å². The molecule has 3 fully saturated rings. The largest absolute Gasteiger partial charge is 0.426 e. The molecule has 3 saturated carbocycles. The summed E-state index contributed by atoms with van der Waals surface area (Å²) in [7, 11) is 0. The van der Waals surface area contributed by atoms with Crippen molar-refractivity contribution in [2.24, 2.45) is 22.7 Å². The van der Waals surface area contributed by atoms with E-state index in [2.05, 4.69) is 0 Å². The van der Waals surface area contributed by atoms with Crippen LogP contribution in [0.1, 0.15) is 105 Å². The molecule has 0 aliphatic heterocycles. The summed E-state index contributed by atoms with van der Waals surface area (Å²) in [4.78, 5) is 0. The normalized spacial score (nSPS) is 34.2. The quantitative estimate of drug-likeness (QED) is 0.228. The van der Waals surface area contributed by atoms with E-state index in [4.69, 9.17) is 0 Å². The number of alkyl halides is 6. The Morgan fingerprint density at radius 3 is 1.98 bits per heavy atom. The molecular weight excluding hydrogens is 538 g/mol. The average Bonchev–Trinajstić information content (AvgIpc) is 3.13. The lowest BCUT2D eigenvalue weighted by Crippen LogP contribution is -2.60. The molecule has 3 aliphatic carbocycles. The summed E-state index contributed by atoms with van der Waals surface area (Å²) in [5, 5.41) is 40.5. The highest BCUT2D eigenvalue weighted by Gasteiger charge is 2.72. The Bertz CT molecular complexity index is 923. The smallest absolute Gasteiger partial charge is 0.393 e. The Morgan fingerprint density at radius 2 is 1.45 bits per heavy atom. The molecule has 2 unspecified atom stereocenters. The van der Waals surface area contributed by atoms with Crippen LogP contribution in [0, 0.1) is 22.7 Å². The molecule has 4 N–H and O–H groups in total. The lowest BCUT2D eigenvalue weighted by Gasteiger charge is -2.51. The first-order chi connectivity index (χ1) is 18.1. The van der Waals surface area contributed by atoms with Crippen LogP contribution in [0.15, 0.2) is 23.3 Å². The van der Waals surface area contributed by atoms with Crippen LogP contribution in [0.5, 0.6) is 0 Å². The van der Waals surface area contributed by atoms with Gasteiger partial charge in [0.2, 0.25) is 0 Å². The van der Waals surface area contributed by atoms with Gasteiger partial charge in [0.25, 0.3) is 5.60 Å². The molecule has 3 rings (SSSR count). The molecule has 10 heteroatoms. The van der Waals surface area contributed by atoms with Crippen molar-refractivity contribution >= 4 is 0 Å². The first-order valence-electron chi connectivity index (χ1n) is 14.4. The Hall–Kier alpha value is -1.10. The number of rotatable bonds is 8. The van der Waals surface area contributed by atoms with Gasteiger partial charge in [0.05, 0.1) is 17.8 Å². The summed E-state index contributed by atoms with van der Waals surface area (Å²) in [5.41, 5.74) is -6.00. The third-order valence-electron chi connectivity index (χ3n) is 10.0. The lowest BCUT2D eigenvalue weighted by atomic mass is 9.54. The fourth-order valence-corrected chi connectivity index (χ4v) is 8.17. The minimum absolute atomic E-state index is 0.0112. The van der Waals surface area contributed by atoms with Crippen molar-refractivity contribution in [1.82, 2.24) is 0 Å². The molecule has 0 heterocycles. The first kappa shape index (κ1) is 33.4. The summed E-state index contributed by atoms with van der Waals surface area (Å²) >= 11 is 0. The molecule has 0 spiro atoms. The van der Waals surface area contributed by atoms with Gasteiger partial charge in [0.1, 0.15) is 0 Å². The topological polar surface area (TPSA) is 80.9 Å². The van der Waals surface area contributed by atoms with Gasteiger partial charge in [-0.3, -0.25) is 0 Å². The Morgan fingerprint density at radius 1 is 0.875 bits per heavy atom. The molecule has 6 atom stereocenters. The number of hydrogen-bond donors (Lipinski definition) is 4. The molecule has 0 aromatic rings. The van der Waals surface area contributed by atoms with Crippen molar-refractivity contribution in [2.45, 2.75) is 141 Å². The van der Waals surface area contributed by atoms with Gasteiger partial charge in [-0.15, -0.1) is 0 Å². The Kier molecular flexibility index (Phi) is 9.63. The van der Waals surface area contributed by atoms with Crippen molar-refractivity contribution in [3.05, 3.63) is 23.3 Å². The molecule has 232 valence electrons. The zero-order valence-corrected chi connectivity index (χ0v) is 24.0. The van der Waals surface area contributed by atoms with E-state index in [1.165, 1.54) is 6.92 Å². The van der Waals surface area contributed by atoms with Crippen LogP contribution < -0.4 is 0 Å². The van der Waals surface area contributed by atoms with Crippen molar-refractivity contribution in [3.8, 4) is 0 Å². The molecule has 3 aliphatic rings. The van der Waals surface area contributed by atoms with Gasteiger partial charge in [-0.25, -0.2) is 0 Å². The van der Waals surface area contributed by atoms with Crippen molar-refractivity contribution in [1.29, 1.82) is 0 Å². The number of hydrogen-bond acceptors (Lipinski definition) is 4. The van der Waals surface area contributed by atoms with Crippen molar-refractivity contribution in [2.75, 3.05) is 0 Å². The van der Waals surface area contributed by atoms with Gasteiger partial charge in [-0.05, 0) is 107 Å². The van der Waals surface area contributed by atoms with Crippen LogP contribution >= 0.6 is 0 Å². The van der Waals surface area contributed by atoms with Gasteiger partial charge in [-0.1, -0.05) is 43.6 Å². The highest BCUT2D eigenvalue weighted by Crippen LogP contribution is 2.65. The minimum atomic E-state index is -5.89. The fourth-order valence-electron chi connectivity index (χ4n) is 8.17. The molecule has 0 saturated heterocycles. The third kappa shape index (κ3) is 7.09. The maximum absolute atomic E-state index is 13.9. The predicted molar refractivity (Wildman–Crippen MR) is 140 cm³/mol. The van der Waals surface area contributed by atoms with Crippen LogP contribution in [0.25, 0.3) is 0 Å². The van der Waals surface area contributed by atoms with E-state index in [1.807, 2.05) is 19.1 Å². The molecule has 0 aromatic carbocycles. The summed E-state index contributed by atoms with van der Waals surface area (Å²) < 4.78 is 83.3. The second-order valence-electron chi connectivity index (χ2n) is 13.9. The van der Waals surface area contributed by atoms with Gasteiger partial charge >= 0.3 is 12.4 Å². The van der Waals surface area contributed by atoms with Crippen LogP contribution in [-0.4, -0.2) is 56.2 Å². The zero-order valence-electron chi connectivity index (χ0n) is 24.0. The van der Waals surface area contributed by atoms with E-state index >= 15 is 0 Å². The minimum Gasteiger partial charge on any atom is -0.393 e. The number of aliphatic hydroxyl groups excluding tert-OH is 2. The SMILES string of the molecule is CC(C)(O)CCC[C@@](C)(CC(O)(C(F)(F)F)C(F)(F)F)[C@H]1CCC2/C(=C/C=C3/CC(O)C[C@H](O)C3)CCC[C@@]21C. The number of allylic oxidation sites excluding steroid dienone is 3. The summed E-state index contributed by atoms with van der Waals surface area (Å²) in [5.74, 6) is -0.530. The average molecular weight is 585 g/mol. The van der Waals surface area contributed by atoms with E-state index in [0.717, 1.165) is 24.0 Å². The van der Waals surface area contributed by atoms with E-state index in [0.29, 0.717) is 38.5 Å². The van der Waals surface area contributed by atoms with Gasteiger partial charge in [0, 0.05) is 0 Å². The number of fused-ring (bicyclic) bond motifs is 1. The predicted octanol–water partition coefficient (Wildman–Crippen LogP) is 7.15. The first-order valence-corrected chi connectivity index (χ1v) is 14.4. The Balaban J connectivity index is 1.97. The number of halogens is 6. The number of aliphatic hydroxyl groups is 4. The summed E-state index contributed by atoms with van der Waals surface area (Å²) in [6.07, 6.45) is -5.68. The highest BCUT2D eigenvalue weighted by molar-refractivity contribution is 5.27. The molecule has 0 bridgehead atoms. The lowest BCUT2D eigenvalue weighted by molar-refractivity contribution is -0.378. The molecule has 0 aromatic heterocycles. The van der Waals surface area contributed by atoms with Crippen molar-refractivity contribution < 1.29 is 46.8 Å². The summed E-state index contributed by atoms with van der Waals surface area (Å²) in [6.45, 7) is 6.53. The van der Waals surface area contributed by atoms with Crippen LogP contribution in [-0.2, 0) is 0 Å². The Labute approximate surface area is 233 Å². The van der Waals surface area contributed by atoms with E-state index in [9.17, 15) is 46.8 Å². The molecule has 4 nitrogen and oxygen atoms in total. The second-order valence-corrected chi connectivity index (χ2v) is 13.9. The van der Waals surface area contributed by atoms with E-state index < -0.39 is 58.9 Å². The summed E-state index contributed by atoms with van der Waals surface area (Å²) in [6, 6.07) is 0. The molecule has 40 heavy (non-hydrogen) atoms.